The van der Waals surface area contributed by atoms with Crippen molar-refractivity contribution in [3.8, 4) is 0 Å². The van der Waals surface area contributed by atoms with Gasteiger partial charge in [0.05, 0.1) is 6.04 Å². The van der Waals surface area contributed by atoms with Gasteiger partial charge in [0.15, 0.2) is 0 Å². The van der Waals surface area contributed by atoms with Crippen molar-refractivity contribution in [3.63, 3.8) is 0 Å². The molecule has 0 unspecified atom stereocenters. The van der Waals surface area contributed by atoms with Gasteiger partial charge in [0.25, 0.3) is 0 Å². The van der Waals surface area contributed by atoms with Gasteiger partial charge in [-0.05, 0) is 25.7 Å². The monoisotopic (exact) mass is 383 g/mol. The van der Waals surface area contributed by atoms with Crippen molar-refractivity contribution in [3.05, 3.63) is 5.21 Å². The van der Waals surface area contributed by atoms with Gasteiger partial charge in [0, 0.05) is 0 Å². The highest BCUT2D eigenvalue weighted by Gasteiger charge is 2.07. The van der Waals surface area contributed by atoms with Crippen molar-refractivity contribution in [1.82, 2.24) is 0 Å². The summed E-state index contributed by atoms with van der Waals surface area (Å²) in [6.07, 6.45) is 29.9. The third-order valence-corrected chi connectivity index (χ3v) is 6.05. The zero-order valence-corrected chi connectivity index (χ0v) is 19.1. The van der Waals surface area contributed by atoms with Crippen molar-refractivity contribution >= 4 is 0 Å². The quantitative estimate of drug-likeness (QED) is 0.141. The Bertz CT molecular complexity index is 233. The van der Waals surface area contributed by atoms with Crippen LogP contribution in [-0.4, -0.2) is 6.04 Å². The van der Waals surface area contributed by atoms with Crippen LogP contribution in [0, 0.1) is 5.21 Å². The van der Waals surface area contributed by atoms with Crippen molar-refractivity contribution in [2.75, 3.05) is 0 Å². The Morgan fingerprint density at radius 3 is 0.963 bits per heavy atom. The highest BCUT2D eigenvalue weighted by Crippen LogP contribution is 2.14. The molecule has 0 heterocycles. The number of unbranched alkanes of at least 4 members (excludes halogenated alkanes) is 18. The Kier molecular flexibility index (Phi) is 23.9. The summed E-state index contributed by atoms with van der Waals surface area (Å²) >= 11 is 0. The molecule has 0 saturated heterocycles. The molecule has 0 radical (unpaired) electrons. The van der Waals surface area contributed by atoms with Crippen molar-refractivity contribution < 1.29 is 5.48 Å². The van der Waals surface area contributed by atoms with E-state index < -0.39 is 0 Å². The number of quaternary nitrogens is 1. The zero-order valence-electron chi connectivity index (χ0n) is 19.1. The van der Waals surface area contributed by atoms with Gasteiger partial charge in [-0.1, -0.05) is 129 Å². The lowest BCUT2D eigenvalue weighted by molar-refractivity contribution is -0.629. The summed E-state index contributed by atoms with van der Waals surface area (Å²) in [5.74, 6) is 0. The molecule has 0 aromatic heterocycles. The van der Waals surface area contributed by atoms with Crippen molar-refractivity contribution in [2.24, 2.45) is 0 Å². The Balaban J connectivity index is 3.28. The molecule has 2 N–H and O–H groups in total. The predicted octanol–water partition coefficient (Wildman–Crippen LogP) is 8.04. The number of hydrogen-bond acceptors (Lipinski definition) is 1. The van der Waals surface area contributed by atoms with Crippen LogP contribution in [-0.2, 0) is 0 Å². The standard InChI is InChI=1S/C25H53NO/c1-3-5-7-9-11-13-15-17-19-21-23-25(26-27)24-22-20-18-16-14-12-10-8-6-4-2/h25H,3-24,26H2,1-2H3. The summed E-state index contributed by atoms with van der Waals surface area (Å²) in [6.45, 7) is 4.56. The third-order valence-electron chi connectivity index (χ3n) is 6.05. The molecule has 0 fully saturated rings. The molecule has 0 aromatic carbocycles. The molecule has 0 aliphatic carbocycles. The number of nitrogens with two attached hydrogens (primary N) is 1. The zero-order chi connectivity index (χ0) is 19.8. The summed E-state index contributed by atoms with van der Waals surface area (Å²) in [5, 5.41) is 11.3. The summed E-state index contributed by atoms with van der Waals surface area (Å²) < 4.78 is 0. The summed E-state index contributed by atoms with van der Waals surface area (Å²) in [5.41, 5.74) is 1.24. The second-order valence-corrected chi connectivity index (χ2v) is 8.84. The van der Waals surface area contributed by atoms with E-state index in [2.05, 4.69) is 13.8 Å². The van der Waals surface area contributed by atoms with Gasteiger partial charge < -0.3 is 10.7 Å². The summed E-state index contributed by atoms with van der Waals surface area (Å²) in [6, 6.07) is 0.341. The summed E-state index contributed by atoms with van der Waals surface area (Å²) in [7, 11) is 0. The highest BCUT2D eigenvalue weighted by molar-refractivity contribution is 4.58. The minimum Gasteiger partial charge on any atom is -0.636 e. The molecule has 0 spiro atoms. The lowest BCUT2D eigenvalue weighted by Crippen LogP contribution is -2.84. The normalized spacial score (nSPS) is 11.6. The van der Waals surface area contributed by atoms with Crippen molar-refractivity contribution in [2.45, 2.75) is 161 Å². The first-order valence-corrected chi connectivity index (χ1v) is 12.8. The van der Waals surface area contributed by atoms with Crippen LogP contribution >= 0.6 is 0 Å². The molecule has 0 rings (SSSR count). The van der Waals surface area contributed by atoms with E-state index in [1.165, 1.54) is 134 Å². The van der Waals surface area contributed by atoms with Crippen LogP contribution in [0.25, 0.3) is 0 Å². The molecule has 0 atom stereocenters. The van der Waals surface area contributed by atoms with E-state index in [9.17, 15) is 5.21 Å². The molecule has 2 nitrogen and oxygen atoms in total. The molecule has 0 saturated carbocycles. The summed E-state index contributed by atoms with van der Waals surface area (Å²) in [4.78, 5) is 0. The van der Waals surface area contributed by atoms with Gasteiger partial charge in [0.2, 0.25) is 0 Å². The molecular weight excluding hydrogens is 330 g/mol. The van der Waals surface area contributed by atoms with Crippen LogP contribution in [0.5, 0.6) is 0 Å². The van der Waals surface area contributed by atoms with Crippen LogP contribution < -0.4 is 5.48 Å². The molecule has 0 aliphatic rings. The van der Waals surface area contributed by atoms with Crippen LogP contribution in [0.15, 0.2) is 0 Å². The van der Waals surface area contributed by atoms with Crippen molar-refractivity contribution in [1.29, 1.82) is 0 Å². The van der Waals surface area contributed by atoms with E-state index in [1.54, 1.807) is 0 Å². The van der Waals surface area contributed by atoms with Gasteiger partial charge >= 0.3 is 0 Å². The lowest BCUT2D eigenvalue weighted by atomic mass is 10.00. The van der Waals surface area contributed by atoms with Gasteiger partial charge in [-0.25, -0.2) is 0 Å². The molecular formula is C25H53NO. The lowest BCUT2D eigenvalue weighted by Gasteiger charge is -2.17. The Morgan fingerprint density at radius 1 is 0.444 bits per heavy atom. The fraction of sp³-hybridized carbons (Fsp3) is 1.00. The van der Waals surface area contributed by atoms with Gasteiger partial charge in [0.1, 0.15) is 0 Å². The second kappa shape index (κ2) is 24.0. The first-order valence-electron chi connectivity index (χ1n) is 12.8. The highest BCUT2D eigenvalue weighted by atomic mass is 16.5. The Hall–Kier alpha value is -0.0800. The largest absolute Gasteiger partial charge is 0.636 e. The van der Waals surface area contributed by atoms with Gasteiger partial charge in [-0.3, -0.25) is 0 Å². The average Bonchev–Trinajstić information content (AvgIpc) is 2.69. The number of hydroxylamine groups is 1. The average molecular weight is 384 g/mol. The Labute approximate surface area is 172 Å². The van der Waals surface area contributed by atoms with E-state index in [1.807, 2.05) is 0 Å². The SMILES string of the molecule is CCCCCCCCCCCCC(CCCCCCCCCCCC)[NH2+][O-]. The topological polar surface area (TPSA) is 39.7 Å². The molecule has 0 aromatic rings. The molecule has 164 valence electrons. The molecule has 0 aliphatic heterocycles. The molecule has 0 bridgehead atoms. The first kappa shape index (κ1) is 26.9. The number of hydrogen-bond donors (Lipinski definition) is 1. The minimum atomic E-state index is 0.341. The van der Waals surface area contributed by atoms with E-state index in [0.717, 1.165) is 12.8 Å². The Morgan fingerprint density at radius 2 is 0.704 bits per heavy atom. The van der Waals surface area contributed by atoms with Crippen LogP contribution in [0.1, 0.15) is 155 Å². The first-order chi connectivity index (χ1) is 13.3. The van der Waals surface area contributed by atoms with Gasteiger partial charge in [-0.2, -0.15) is 0 Å². The maximum absolute atomic E-state index is 11.3. The van der Waals surface area contributed by atoms with E-state index in [0.29, 0.717) is 6.04 Å². The molecule has 2 heteroatoms. The maximum atomic E-state index is 11.3. The molecule has 0 amide bonds. The fourth-order valence-corrected chi connectivity index (χ4v) is 4.07. The van der Waals surface area contributed by atoms with Gasteiger partial charge in [-0.15, -0.1) is 0 Å². The molecule has 27 heavy (non-hydrogen) atoms. The fourth-order valence-electron chi connectivity index (χ4n) is 4.07. The smallest absolute Gasteiger partial charge is 0.0856 e. The predicted molar refractivity (Wildman–Crippen MR) is 122 cm³/mol. The maximum Gasteiger partial charge on any atom is 0.0856 e. The van der Waals surface area contributed by atoms with E-state index in [4.69, 9.17) is 0 Å². The van der Waals surface area contributed by atoms with Crippen LogP contribution in [0.2, 0.25) is 0 Å². The van der Waals surface area contributed by atoms with E-state index >= 15 is 0 Å². The third kappa shape index (κ3) is 22.1. The minimum absolute atomic E-state index is 0.341. The van der Waals surface area contributed by atoms with E-state index in [-0.39, 0.29) is 0 Å². The second-order valence-electron chi connectivity index (χ2n) is 8.84. The number of rotatable bonds is 23. The van der Waals surface area contributed by atoms with Crippen LogP contribution in [0.3, 0.4) is 0 Å². The van der Waals surface area contributed by atoms with Crippen LogP contribution in [0.4, 0.5) is 0 Å².